The van der Waals surface area contributed by atoms with Crippen LogP contribution < -0.4 is 4.74 Å². The molecule has 8 heteroatoms. The summed E-state index contributed by atoms with van der Waals surface area (Å²) in [5.41, 5.74) is -1.82. The molecule has 1 rings (SSSR count). The molecule has 0 aliphatic heterocycles. The summed E-state index contributed by atoms with van der Waals surface area (Å²) in [4.78, 5) is 9.83. The maximum Gasteiger partial charge on any atom is 0.416 e. The van der Waals surface area contributed by atoms with Crippen LogP contribution in [0.2, 0.25) is 0 Å². The fourth-order valence-corrected chi connectivity index (χ4v) is 1.45. The number of ether oxygens (including phenoxy) is 1. The summed E-state index contributed by atoms with van der Waals surface area (Å²) in [5.74, 6) is -0.208. The van der Waals surface area contributed by atoms with Crippen LogP contribution in [-0.4, -0.2) is 11.5 Å². The zero-order chi connectivity index (χ0) is 15.2. The minimum absolute atomic E-state index is 0.105. The van der Waals surface area contributed by atoms with Gasteiger partial charge in [-0.25, -0.2) is 0 Å². The molecular formula is C12H11F3N2O3. The van der Waals surface area contributed by atoms with Crippen molar-refractivity contribution in [3.63, 3.8) is 0 Å². The van der Waals surface area contributed by atoms with Crippen molar-refractivity contribution < 1.29 is 22.8 Å². The first-order valence-electron chi connectivity index (χ1n) is 5.71. The number of hydrogen-bond donors (Lipinski definition) is 0. The largest absolute Gasteiger partial charge is 0.487 e. The van der Waals surface area contributed by atoms with E-state index in [0.29, 0.717) is 25.3 Å². The predicted molar refractivity (Wildman–Crippen MR) is 63.1 cm³/mol. The van der Waals surface area contributed by atoms with Gasteiger partial charge in [-0.3, -0.25) is 10.1 Å². The van der Waals surface area contributed by atoms with Crippen LogP contribution in [-0.2, 0) is 6.18 Å². The highest BCUT2D eigenvalue weighted by molar-refractivity contribution is 5.49. The van der Waals surface area contributed by atoms with Crippen molar-refractivity contribution in [2.45, 2.75) is 25.4 Å². The average molecular weight is 288 g/mol. The van der Waals surface area contributed by atoms with Crippen molar-refractivity contribution in [3.05, 3.63) is 33.9 Å². The molecule has 0 fully saturated rings. The Morgan fingerprint density at radius 2 is 2.05 bits per heavy atom. The van der Waals surface area contributed by atoms with Crippen LogP contribution >= 0.6 is 0 Å². The lowest BCUT2D eigenvalue weighted by atomic mass is 10.2. The summed E-state index contributed by atoms with van der Waals surface area (Å²) in [5, 5.41) is 19.1. The number of rotatable bonds is 6. The molecule has 0 N–H and O–H groups in total. The Labute approximate surface area is 112 Å². The van der Waals surface area contributed by atoms with E-state index >= 15 is 0 Å². The molecule has 0 saturated heterocycles. The smallest absolute Gasteiger partial charge is 0.416 e. The van der Waals surface area contributed by atoms with E-state index in [-0.39, 0.29) is 12.4 Å². The Morgan fingerprint density at radius 3 is 2.60 bits per heavy atom. The van der Waals surface area contributed by atoms with Crippen LogP contribution in [0.25, 0.3) is 0 Å². The summed E-state index contributed by atoms with van der Waals surface area (Å²) in [6.07, 6.45) is -3.26. The number of nitro groups is 1. The normalized spacial score (nSPS) is 10.9. The lowest BCUT2D eigenvalue weighted by molar-refractivity contribution is -0.386. The predicted octanol–water partition coefficient (Wildman–Crippen LogP) is 3.69. The highest BCUT2D eigenvalue weighted by atomic mass is 19.4. The minimum atomic E-state index is -4.64. The third kappa shape index (κ3) is 4.42. The van der Waals surface area contributed by atoms with Gasteiger partial charge in [0.25, 0.3) is 0 Å². The first-order valence-corrected chi connectivity index (χ1v) is 5.71. The molecular weight excluding hydrogens is 277 g/mol. The molecule has 0 aliphatic rings. The Morgan fingerprint density at radius 1 is 1.35 bits per heavy atom. The quantitative estimate of drug-likeness (QED) is 0.454. The van der Waals surface area contributed by atoms with Gasteiger partial charge in [0.2, 0.25) is 0 Å². The average Bonchev–Trinajstić information content (AvgIpc) is 2.37. The topological polar surface area (TPSA) is 76.2 Å². The number of alkyl halides is 3. The standard InChI is InChI=1S/C12H11F3N2O3/c13-12(14,15)9-4-5-11(10(8-9)17(18)19)20-7-3-1-2-6-16/h4-5,8H,1-3,7H2. The monoisotopic (exact) mass is 288 g/mol. The molecule has 1 aromatic rings. The van der Waals surface area contributed by atoms with Crippen LogP contribution in [0.1, 0.15) is 24.8 Å². The van der Waals surface area contributed by atoms with Gasteiger partial charge in [0, 0.05) is 12.5 Å². The molecule has 0 atom stereocenters. The maximum atomic E-state index is 12.5. The van der Waals surface area contributed by atoms with Gasteiger partial charge in [0.1, 0.15) is 0 Å². The lowest BCUT2D eigenvalue weighted by Gasteiger charge is -2.09. The molecule has 0 bridgehead atoms. The van der Waals surface area contributed by atoms with Crippen molar-refractivity contribution in [2.24, 2.45) is 0 Å². The molecule has 0 aliphatic carbocycles. The van der Waals surface area contributed by atoms with E-state index in [9.17, 15) is 23.3 Å². The molecule has 0 unspecified atom stereocenters. The first-order chi connectivity index (χ1) is 9.36. The molecule has 0 saturated carbocycles. The van der Waals surface area contributed by atoms with Crippen molar-refractivity contribution in [2.75, 3.05) is 6.61 Å². The summed E-state index contributed by atoms with van der Waals surface area (Å²) in [7, 11) is 0. The minimum Gasteiger partial charge on any atom is -0.487 e. The Bertz CT molecular complexity index is 524. The van der Waals surface area contributed by atoms with Crippen molar-refractivity contribution in [1.29, 1.82) is 5.26 Å². The molecule has 5 nitrogen and oxygen atoms in total. The lowest BCUT2D eigenvalue weighted by Crippen LogP contribution is -2.07. The molecule has 0 heterocycles. The van der Waals surface area contributed by atoms with Crippen molar-refractivity contribution in [3.8, 4) is 11.8 Å². The number of unbranched alkanes of at least 4 members (excludes halogenated alkanes) is 2. The van der Waals surface area contributed by atoms with Gasteiger partial charge in [-0.15, -0.1) is 0 Å². The molecule has 20 heavy (non-hydrogen) atoms. The van der Waals surface area contributed by atoms with Crippen LogP contribution in [0.4, 0.5) is 18.9 Å². The van der Waals surface area contributed by atoms with Crippen molar-refractivity contribution in [1.82, 2.24) is 0 Å². The first kappa shape index (κ1) is 15.8. The Kier molecular flexibility index (Phi) is 5.32. The van der Waals surface area contributed by atoms with E-state index in [2.05, 4.69) is 0 Å². The molecule has 0 spiro atoms. The second-order valence-corrected chi connectivity index (χ2v) is 3.90. The third-order valence-corrected chi connectivity index (χ3v) is 2.42. The summed E-state index contributed by atoms with van der Waals surface area (Å²) >= 11 is 0. The molecule has 0 radical (unpaired) electrons. The molecule has 0 aromatic heterocycles. The molecule has 108 valence electrons. The van der Waals surface area contributed by atoms with E-state index in [0.717, 1.165) is 12.1 Å². The van der Waals surface area contributed by atoms with Crippen LogP contribution in [0.3, 0.4) is 0 Å². The van der Waals surface area contributed by atoms with Gasteiger partial charge in [-0.1, -0.05) is 0 Å². The number of halogens is 3. The van der Waals surface area contributed by atoms with Crippen LogP contribution in [0.15, 0.2) is 18.2 Å². The van der Waals surface area contributed by atoms with Gasteiger partial charge in [0.15, 0.2) is 5.75 Å². The zero-order valence-electron chi connectivity index (χ0n) is 10.3. The van der Waals surface area contributed by atoms with Crippen molar-refractivity contribution >= 4 is 5.69 Å². The summed E-state index contributed by atoms with van der Waals surface area (Å²) < 4.78 is 42.5. The number of benzene rings is 1. The van der Waals surface area contributed by atoms with Gasteiger partial charge < -0.3 is 4.74 Å². The molecule has 1 aromatic carbocycles. The fraction of sp³-hybridized carbons (Fsp3) is 0.417. The second kappa shape index (κ2) is 6.75. The Balaban J connectivity index is 2.81. The van der Waals surface area contributed by atoms with E-state index in [1.165, 1.54) is 0 Å². The van der Waals surface area contributed by atoms with E-state index in [1.54, 1.807) is 0 Å². The van der Waals surface area contributed by atoms with E-state index in [4.69, 9.17) is 10.00 Å². The number of hydrogen-bond acceptors (Lipinski definition) is 4. The van der Waals surface area contributed by atoms with Gasteiger partial charge in [-0.05, 0) is 25.0 Å². The zero-order valence-corrected chi connectivity index (χ0v) is 10.3. The highest BCUT2D eigenvalue weighted by Gasteiger charge is 2.33. The summed E-state index contributed by atoms with van der Waals surface area (Å²) in [6.45, 7) is 0.105. The van der Waals surface area contributed by atoms with E-state index < -0.39 is 22.4 Å². The molecule has 0 amide bonds. The Hall–Kier alpha value is -2.30. The second-order valence-electron chi connectivity index (χ2n) is 3.90. The van der Waals surface area contributed by atoms with Gasteiger partial charge in [0.05, 0.1) is 23.2 Å². The number of nitriles is 1. The number of nitro benzene ring substituents is 1. The third-order valence-electron chi connectivity index (χ3n) is 2.42. The van der Waals surface area contributed by atoms with E-state index in [1.807, 2.05) is 6.07 Å². The van der Waals surface area contributed by atoms with Crippen LogP contribution in [0.5, 0.6) is 5.75 Å². The van der Waals surface area contributed by atoms with Gasteiger partial charge >= 0.3 is 11.9 Å². The van der Waals surface area contributed by atoms with Crippen LogP contribution in [0, 0.1) is 21.4 Å². The summed E-state index contributed by atoms with van der Waals surface area (Å²) in [6, 6.07) is 4.05. The SMILES string of the molecule is N#CCCCCOc1ccc(C(F)(F)F)cc1[N+](=O)[O-]. The van der Waals surface area contributed by atoms with Gasteiger partial charge in [-0.2, -0.15) is 18.4 Å². The highest BCUT2D eigenvalue weighted by Crippen LogP contribution is 2.36. The maximum absolute atomic E-state index is 12.5. The fourth-order valence-electron chi connectivity index (χ4n) is 1.45. The number of nitrogens with zero attached hydrogens (tertiary/aromatic N) is 2.